The number of aliphatic imine (C=N–C) groups is 3. The lowest BCUT2D eigenvalue weighted by atomic mass is 10.0. The number of amides is 7. The Morgan fingerprint density at radius 1 is 0.667 bits per heavy atom. The van der Waals surface area contributed by atoms with Gasteiger partial charge in [0.25, 0.3) is 11.8 Å². The highest BCUT2D eigenvalue weighted by molar-refractivity contribution is 9.10. The quantitative estimate of drug-likeness (QED) is 0.00706. The number of benzene rings is 5. The topological polar surface area (TPSA) is 477 Å². The lowest BCUT2D eigenvalue weighted by Crippen LogP contribution is -2.50. The fourth-order valence-electron chi connectivity index (χ4n) is 10.3. The van der Waals surface area contributed by atoms with Crippen LogP contribution in [0.25, 0.3) is 17.8 Å². The van der Waals surface area contributed by atoms with Crippen molar-refractivity contribution < 1.29 is 53.0 Å². The molecule has 0 aliphatic carbocycles. The number of likely N-dealkylation sites (N-methyl/N-ethyl adjacent to an activating group) is 1. The summed E-state index contributed by atoms with van der Waals surface area (Å²) in [4.78, 5) is 136. The highest BCUT2D eigenvalue weighted by Gasteiger charge is 2.27. The maximum atomic E-state index is 13.9. The van der Waals surface area contributed by atoms with E-state index in [-0.39, 0.29) is 106 Å². The van der Waals surface area contributed by atoms with Crippen LogP contribution in [0.2, 0.25) is 10.0 Å². The molecule has 33 heteroatoms. The fourth-order valence-corrected chi connectivity index (χ4v) is 11.2. The predicted molar refractivity (Wildman–Crippen MR) is 424 cm³/mol. The number of halogens is 3. The van der Waals surface area contributed by atoms with Gasteiger partial charge in [0, 0.05) is 98.6 Å². The predicted octanol–water partition coefficient (Wildman–Crippen LogP) is 5.98. The number of carboxylic acid groups (broad SMARTS) is 1. The Kier molecular flexibility index (Phi) is 33.7. The molecule has 0 saturated carbocycles. The van der Waals surface area contributed by atoms with Crippen molar-refractivity contribution in [2.45, 2.75) is 76.6 Å². The molecule has 0 fully saturated rings. The number of ketones is 1. The molecule has 7 rings (SSSR count). The SMILES string of the molecule is Cc1nc2c(OCc3c(Cl)ccc(N(C)C(=O)CNC(=O)/C=C/c4ccc(C(=O)N(C)C)cc4)c3Cl)cccn2c1Br.NC(N)=NCCC[C@@H](N)C(=O)N[C@H](CCCN=C(N)N)C(=O)Nc1ccc(N(CC(=O)Cc2ccccc2/C=C/C=C/C(=O)N[C@@H](CCCN=C(N)N)C(=O)O)C(=O)c2ccccc2)cc1. The van der Waals surface area contributed by atoms with Crippen molar-refractivity contribution in [1.29, 1.82) is 0 Å². The van der Waals surface area contributed by atoms with E-state index >= 15 is 0 Å². The second kappa shape index (κ2) is 42.9. The first-order chi connectivity index (χ1) is 51.5. The summed E-state index contributed by atoms with van der Waals surface area (Å²) in [5.74, 6) is -4.32. The largest absolute Gasteiger partial charge is 0.485 e. The van der Waals surface area contributed by atoms with Crippen LogP contribution < -0.4 is 75.9 Å². The molecule has 19 N–H and O–H groups in total. The minimum Gasteiger partial charge on any atom is -0.485 e. The third-order valence-corrected chi connectivity index (χ3v) is 17.7. The zero-order valence-electron chi connectivity index (χ0n) is 59.9. The first-order valence-corrected chi connectivity index (χ1v) is 35.3. The number of rotatable bonds is 36. The molecular formula is C75H88BrCl2N19O11. The number of carbonyl (C=O) groups is 9. The average molecular weight is 1580 g/mol. The van der Waals surface area contributed by atoms with Gasteiger partial charge < -0.3 is 85.9 Å². The Balaban J connectivity index is 0.000000371. The van der Waals surface area contributed by atoms with Gasteiger partial charge in [-0.05, 0) is 157 Å². The number of nitrogens with zero attached hydrogens (tertiary/aromatic N) is 8. The molecule has 2 heterocycles. The van der Waals surface area contributed by atoms with Gasteiger partial charge >= 0.3 is 5.97 Å². The first-order valence-electron chi connectivity index (χ1n) is 33.8. The molecule has 30 nitrogen and oxygen atoms in total. The van der Waals surface area contributed by atoms with Crippen molar-refractivity contribution in [2.75, 3.05) is 69.0 Å². The van der Waals surface area contributed by atoms with Crippen LogP contribution in [0.3, 0.4) is 0 Å². The van der Waals surface area contributed by atoms with Gasteiger partial charge in [0.15, 0.2) is 35.1 Å². The van der Waals surface area contributed by atoms with E-state index in [2.05, 4.69) is 57.2 Å². The van der Waals surface area contributed by atoms with Gasteiger partial charge in [0.2, 0.25) is 29.5 Å². The first kappa shape index (κ1) is 85.0. The van der Waals surface area contributed by atoms with E-state index in [9.17, 15) is 48.3 Å². The molecule has 7 amide bonds. The Hall–Kier alpha value is -11.9. The van der Waals surface area contributed by atoms with Gasteiger partial charge in [0.1, 0.15) is 23.3 Å². The van der Waals surface area contributed by atoms with Crippen molar-refractivity contribution in [3.8, 4) is 5.75 Å². The maximum absolute atomic E-state index is 13.9. The minimum absolute atomic E-state index is 0.0442. The van der Waals surface area contributed by atoms with E-state index in [0.29, 0.717) is 80.6 Å². The zero-order valence-corrected chi connectivity index (χ0v) is 63.0. The molecular weight excluding hydrogens is 1490 g/mol. The summed E-state index contributed by atoms with van der Waals surface area (Å²) in [6, 6.07) is 32.6. The van der Waals surface area contributed by atoms with Crippen molar-refractivity contribution in [2.24, 2.45) is 55.1 Å². The summed E-state index contributed by atoms with van der Waals surface area (Å²) in [5, 5.41) is 20.7. The number of fused-ring (bicyclic) bond motifs is 1. The number of nitrogens with two attached hydrogens (primary N) is 7. The number of hydrogen-bond acceptors (Lipinski definition) is 15. The summed E-state index contributed by atoms with van der Waals surface area (Å²) in [6.45, 7) is 2.10. The van der Waals surface area contributed by atoms with Gasteiger partial charge in [-0.15, -0.1) is 0 Å². The number of guanidine groups is 3. The summed E-state index contributed by atoms with van der Waals surface area (Å²) in [5.41, 5.74) is 44.3. The molecule has 2 aromatic heterocycles. The lowest BCUT2D eigenvalue weighted by Gasteiger charge is -2.23. The van der Waals surface area contributed by atoms with Crippen LogP contribution in [0.4, 0.5) is 17.1 Å². The third kappa shape index (κ3) is 27.2. The van der Waals surface area contributed by atoms with Crippen LogP contribution in [0.15, 0.2) is 177 Å². The smallest absolute Gasteiger partial charge is 0.326 e. The number of imidazole rings is 1. The highest BCUT2D eigenvalue weighted by Crippen LogP contribution is 2.36. The van der Waals surface area contributed by atoms with E-state index in [1.54, 1.807) is 161 Å². The number of anilines is 3. The molecule has 7 aromatic rings. The number of ether oxygens (including phenoxy) is 1. The molecule has 0 spiro atoms. The Morgan fingerprint density at radius 3 is 1.91 bits per heavy atom. The van der Waals surface area contributed by atoms with Gasteiger partial charge in [-0.25, -0.2) is 9.78 Å². The number of pyridine rings is 1. The van der Waals surface area contributed by atoms with Crippen LogP contribution in [0.5, 0.6) is 5.75 Å². The fraction of sp³-hybridized carbons (Fsp3) is 0.267. The third-order valence-electron chi connectivity index (χ3n) is 16.0. The molecule has 0 bridgehead atoms. The summed E-state index contributed by atoms with van der Waals surface area (Å²) < 4.78 is 8.74. The van der Waals surface area contributed by atoms with Gasteiger partial charge in [-0.2, -0.15) is 0 Å². The number of aromatic nitrogens is 2. The average Bonchev–Trinajstić information content (AvgIpc) is 1.62. The maximum Gasteiger partial charge on any atom is 0.326 e. The molecule has 3 atom stereocenters. The standard InChI is InChI=1S/C45H60N14O7.C30H28BrCl2N5O4/c46-35(16-8-24-53-43(47)48)39(62)58-36(17-9-25-54-44(49)50)40(63)56-32-20-22-33(23-21-32)59(41(64)30-13-2-1-3-14-30)28-34(60)27-31-15-5-4-11-29(31)12-6-7-19-38(61)57-37(42(65)66)18-10-26-55-45(51)52;1-18-28(31)38-15-5-6-24(29(38)35-18)42-17-21-22(32)12-13-23(27(21)33)37(4)26(40)16-34-25(39)14-9-19-7-10-20(11-8-19)30(41)36(2)3/h1-7,11-15,19-23,35-37H,8-10,16-18,24-28,46H2,(H,56,63)(H,57,61)(H,58,62)(H,65,66)(H4,47,48,53)(H4,49,50,54)(H4,51,52,55);5-15H,16-17H2,1-4H3,(H,34,39)/b12-6+,19-7+;14-9+/t35-,36-,37+;/m1./s1. The molecule has 0 radical (unpaired) electrons. The van der Waals surface area contributed by atoms with Crippen LogP contribution in [-0.4, -0.2) is 162 Å². The van der Waals surface area contributed by atoms with E-state index in [0.717, 1.165) is 15.9 Å². The number of Topliss-reactive ketones (excluding diaryl/α,β-unsaturated/α-hetero) is 1. The van der Waals surface area contributed by atoms with Crippen LogP contribution in [0.1, 0.15) is 87.2 Å². The van der Waals surface area contributed by atoms with E-state index in [1.165, 1.54) is 32.9 Å². The van der Waals surface area contributed by atoms with Gasteiger partial charge in [-0.3, -0.25) is 57.7 Å². The molecule has 0 aliphatic rings. The number of carboxylic acids is 1. The summed E-state index contributed by atoms with van der Waals surface area (Å²) in [6.07, 6.45) is 12.4. The van der Waals surface area contributed by atoms with E-state index in [4.69, 9.17) is 68.1 Å². The molecule has 0 aliphatic heterocycles. The monoisotopic (exact) mass is 1580 g/mol. The van der Waals surface area contributed by atoms with Gasteiger partial charge in [-0.1, -0.05) is 96.0 Å². The number of aryl methyl sites for hydroxylation is 1. The van der Waals surface area contributed by atoms with Crippen molar-refractivity contribution in [1.82, 2.24) is 30.2 Å². The van der Waals surface area contributed by atoms with Crippen molar-refractivity contribution in [3.63, 3.8) is 0 Å². The summed E-state index contributed by atoms with van der Waals surface area (Å²) in [7, 11) is 4.92. The molecule has 0 unspecified atom stereocenters. The normalized spacial score (nSPS) is 11.8. The highest BCUT2D eigenvalue weighted by atomic mass is 79.9. The van der Waals surface area contributed by atoms with E-state index < -0.39 is 53.6 Å². The number of nitrogens with one attached hydrogen (secondary N) is 4. The van der Waals surface area contributed by atoms with Crippen molar-refractivity contribution in [3.05, 3.63) is 212 Å². The second-order valence-electron chi connectivity index (χ2n) is 24.4. The number of hydrogen-bond donors (Lipinski definition) is 12. The number of allylic oxidation sites excluding steroid dienone is 2. The molecule has 0 saturated heterocycles. The van der Waals surface area contributed by atoms with Crippen LogP contribution >= 0.6 is 39.1 Å². The lowest BCUT2D eigenvalue weighted by molar-refractivity contribution is -0.141. The Bertz CT molecular complexity index is 4500. The molecule has 108 heavy (non-hydrogen) atoms. The number of aliphatic carboxylic acids is 1. The zero-order chi connectivity index (χ0) is 79.0. The van der Waals surface area contributed by atoms with Crippen molar-refractivity contribution >= 4 is 145 Å². The Morgan fingerprint density at radius 2 is 1.28 bits per heavy atom. The Labute approximate surface area is 642 Å². The molecule has 570 valence electrons. The van der Waals surface area contributed by atoms with Gasteiger partial charge in [0.05, 0.1) is 35.5 Å². The minimum atomic E-state index is -1.20. The van der Waals surface area contributed by atoms with Crippen LogP contribution in [0, 0.1) is 6.92 Å². The summed E-state index contributed by atoms with van der Waals surface area (Å²) >= 11 is 16.7. The van der Waals surface area contributed by atoms with E-state index in [1.807, 2.05) is 23.6 Å². The van der Waals surface area contributed by atoms with Crippen LogP contribution in [-0.2, 0) is 46.6 Å². The number of carbonyl (C=O) groups excluding carboxylic acids is 8. The second-order valence-corrected chi connectivity index (χ2v) is 25.9. The molecule has 5 aromatic carbocycles.